The monoisotopic (exact) mass is 213 g/mol. The Balaban J connectivity index is 2.25. The molecule has 15 heavy (non-hydrogen) atoms. The number of hydrogen-bond donors (Lipinski definition) is 2. The summed E-state index contributed by atoms with van der Waals surface area (Å²) in [5.41, 5.74) is 0. The van der Waals surface area contributed by atoms with Crippen molar-refractivity contribution in [1.29, 1.82) is 0 Å². The summed E-state index contributed by atoms with van der Waals surface area (Å²) in [5.74, 6) is 1.77. The van der Waals surface area contributed by atoms with E-state index in [1.807, 2.05) is 0 Å². The Morgan fingerprint density at radius 2 is 1.80 bits per heavy atom. The van der Waals surface area contributed by atoms with E-state index in [-0.39, 0.29) is 6.61 Å². The predicted octanol–water partition coefficient (Wildman–Crippen LogP) is 2.56. The molecule has 90 valence electrons. The van der Waals surface area contributed by atoms with Crippen molar-refractivity contribution in [3.8, 4) is 0 Å². The SMILES string of the molecule is CC[C@H](CO)NC1CCC(C(C)C)CC1. The van der Waals surface area contributed by atoms with Crippen molar-refractivity contribution in [1.82, 2.24) is 5.32 Å². The Morgan fingerprint density at radius 1 is 1.20 bits per heavy atom. The van der Waals surface area contributed by atoms with Crippen molar-refractivity contribution in [3.05, 3.63) is 0 Å². The highest BCUT2D eigenvalue weighted by molar-refractivity contribution is 4.80. The molecule has 1 atom stereocenters. The molecule has 1 aliphatic carbocycles. The molecule has 1 saturated carbocycles. The van der Waals surface area contributed by atoms with E-state index in [1.165, 1.54) is 25.7 Å². The fourth-order valence-electron chi connectivity index (χ4n) is 2.59. The van der Waals surface area contributed by atoms with E-state index in [2.05, 4.69) is 26.1 Å². The summed E-state index contributed by atoms with van der Waals surface area (Å²) in [5, 5.41) is 12.7. The summed E-state index contributed by atoms with van der Waals surface area (Å²) >= 11 is 0. The summed E-state index contributed by atoms with van der Waals surface area (Å²) < 4.78 is 0. The van der Waals surface area contributed by atoms with E-state index in [0.29, 0.717) is 12.1 Å². The van der Waals surface area contributed by atoms with Gasteiger partial charge in [0.05, 0.1) is 6.61 Å². The first-order chi connectivity index (χ1) is 7.17. The van der Waals surface area contributed by atoms with Crippen molar-refractivity contribution in [2.45, 2.75) is 65.0 Å². The van der Waals surface area contributed by atoms with E-state index in [0.717, 1.165) is 18.3 Å². The lowest BCUT2D eigenvalue weighted by atomic mass is 9.79. The maximum absolute atomic E-state index is 9.13. The first-order valence-electron chi connectivity index (χ1n) is 6.54. The predicted molar refractivity (Wildman–Crippen MR) is 64.9 cm³/mol. The Hall–Kier alpha value is -0.0800. The van der Waals surface area contributed by atoms with Crippen molar-refractivity contribution in [2.75, 3.05) is 6.61 Å². The van der Waals surface area contributed by atoms with Gasteiger partial charge in [-0.1, -0.05) is 20.8 Å². The van der Waals surface area contributed by atoms with Gasteiger partial charge in [0.1, 0.15) is 0 Å². The number of aliphatic hydroxyl groups excluding tert-OH is 1. The third kappa shape index (κ3) is 4.12. The zero-order chi connectivity index (χ0) is 11.3. The minimum Gasteiger partial charge on any atom is -0.395 e. The Bertz CT molecular complexity index is 158. The lowest BCUT2D eigenvalue weighted by Crippen LogP contribution is -2.42. The molecule has 1 rings (SSSR count). The van der Waals surface area contributed by atoms with Crippen LogP contribution in [0, 0.1) is 11.8 Å². The zero-order valence-corrected chi connectivity index (χ0v) is 10.5. The minimum atomic E-state index is 0.278. The van der Waals surface area contributed by atoms with E-state index in [4.69, 9.17) is 5.11 Å². The first kappa shape index (κ1) is 13.0. The van der Waals surface area contributed by atoms with Crippen LogP contribution >= 0.6 is 0 Å². The van der Waals surface area contributed by atoms with Gasteiger partial charge in [-0.05, 0) is 43.9 Å². The summed E-state index contributed by atoms with van der Waals surface area (Å²) in [6.07, 6.45) is 6.33. The summed E-state index contributed by atoms with van der Waals surface area (Å²) in [6, 6.07) is 0.961. The normalized spacial score (nSPS) is 29.4. The van der Waals surface area contributed by atoms with Gasteiger partial charge < -0.3 is 10.4 Å². The van der Waals surface area contributed by atoms with Crippen molar-refractivity contribution < 1.29 is 5.11 Å². The average molecular weight is 213 g/mol. The topological polar surface area (TPSA) is 32.3 Å². The molecule has 0 aromatic heterocycles. The molecular formula is C13H27NO. The molecule has 1 aliphatic rings. The molecule has 0 aromatic rings. The Kier molecular flexibility index (Phi) is 5.62. The smallest absolute Gasteiger partial charge is 0.0584 e. The quantitative estimate of drug-likeness (QED) is 0.735. The Labute approximate surface area is 94.5 Å². The van der Waals surface area contributed by atoms with Crippen LogP contribution in [0.5, 0.6) is 0 Å². The van der Waals surface area contributed by atoms with Gasteiger partial charge in [-0.3, -0.25) is 0 Å². The second-order valence-electron chi connectivity index (χ2n) is 5.31. The molecule has 0 spiro atoms. The van der Waals surface area contributed by atoms with Crippen LogP contribution in [0.25, 0.3) is 0 Å². The summed E-state index contributed by atoms with van der Waals surface area (Å²) in [6.45, 7) is 7.08. The second kappa shape index (κ2) is 6.49. The highest BCUT2D eigenvalue weighted by Gasteiger charge is 2.24. The van der Waals surface area contributed by atoms with Gasteiger partial charge >= 0.3 is 0 Å². The number of hydrogen-bond acceptors (Lipinski definition) is 2. The van der Waals surface area contributed by atoms with Crippen LogP contribution in [-0.2, 0) is 0 Å². The fourth-order valence-corrected chi connectivity index (χ4v) is 2.59. The molecule has 2 nitrogen and oxygen atoms in total. The van der Waals surface area contributed by atoms with Crippen LogP contribution in [0.3, 0.4) is 0 Å². The van der Waals surface area contributed by atoms with Gasteiger partial charge in [0.25, 0.3) is 0 Å². The van der Waals surface area contributed by atoms with Gasteiger partial charge in [0, 0.05) is 12.1 Å². The lowest BCUT2D eigenvalue weighted by molar-refractivity contribution is 0.190. The molecule has 0 amide bonds. The van der Waals surface area contributed by atoms with Crippen LogP contribution in [0.15, 0.2) is 0 Å². The molecule has 0 aromatic carbocycles. The van der Waals surface area contributed by atoms with E-state index in [9.17, 15) is 0 Å². The van der Waals surface area contributed by atoms with Gasteiger partial charge in [-0.25, -0.2) is 0 Å². The molecule has 0 aliphatic heterocycles. The molecule has 0 saturated heterocycles. The highest BCUT2D eigenvalue weighted by Crippen LogP contribution is 2.30. The number of nitrogens with one attached hydrogen (secondary N) is 1. The molecule has 2 heteroatoms. The molecule has 2 N–H and O–H groups in total. The largest absolute Gasteiger partial charge is 0.395 e. The molecule has 0 unspecified atom stereocenters. The summed E-state index contributed by atoms with van der Waals surface area (Å²) in [7, 11) is 0. The van der Waals surface area contributed by atoms with E-state index in [1.54, 1.807) is 0 Å². The van der Waals surface area contributed by atoms with Gasteiger partial charge in [-0.15, -0.1) is 0 Å². The first-order valence-corrected chi connectivity index (χ1v) is 6.54. The second-order valence-corrected chi connectivity index (χ2v) is 5.31. The van der Waals surface area contributed by atoms with Crippen LogP contribution in [0.1, 0.15) is 52.9 Å². The standard InChI is InChI=1S/C13H27NO/c1-4-12(9-15)14-13-7-5-11(6-8-13)10(2)3/h10-15H,4-9H2,1-3H3/t11?,12-,13?/m1/s1. The number of aliphatic hydroxyl groups is 1. The molecule has 0 bridgehead atoms. The van der Waals surface area contributed by atoms with Crippen LogP contribution < -0.4 is 5.32 Å². The lowest BCUT2D eigenvalue weighted by Gasteiger charge is -2.33. The van der Waals surface area contributed by atoms with Crippen LogP contribution in [0.2, 0.25) is 0 Å². The van der Waals surface area contributed by atoms with Gasteiger partial charge in [0.2, 0.25) is 0 Å². The molecule has 1 fully saturated rings. The third-order valence-electron chi connectivity index (χ3n) is 3.90. The van der Waals surface area contributed by atoms with Crippen LogP contribution in [-0.4, -0.2) is 23.8 Å². The average Bonchev–Trinajstić information content (AvgIpc) is 2.26. The highest BCUT2D eigenvalue weighted by atomic mass is 16.3. The molecular weight excluding hydrogens is 186 g/mol. The fraction of sp³-hybridized carbons (Fsp3) is 1.00. The van der Waals surface area contributed by atoms with E-state index >= 15 is 0 Å². The minimum absolute atomic E-state index is 0.278. The van der Waals surface area contributed by atoms with E-state index < -0.39 is 0 Å². The Morgan fingerprint density at radius 3 is 2.20 bits per heavy atom. The summed E-state index contributed by atoms with van der Waals surface area (Å²) in [4.78, 5) is 0. The van der Waals surface area contributed by atoms with Crippen molar-refractivity contribution >= 4 is 0 Å². The van der Waals surface area contributed by atoms with Crippen molar-refractivity contribution in [2.24, 2.45) is 11.8 Å². The number of rotatable bonds is 5. The molecule has 0 heterocycles. The third-order valence-corrected chi connectivity index (χ3v) is 3.90. The maximum Gasteiger partial charge on any atom is 0.0584 e. The van der Waals surface area contributed by atoms with Crippen molar-refractivity contribution in [3.63, 3.8) is 0 Å². The van der Waals surface area contributed by atoms with Crippen LogP contribution in [0.4, 0.5) is 0 Å². The van der Waals surface area contributed by atoms with Gasteiger partial charge in [0.15, 0.2) is 0 Å². The zero-order valence-electron chi connectivity index (χ0n) is 10.5. The van der Waals surface area contributed by atoms with Gasteiger partial charge in [-0.2, -0.15) is 0 Å². The molecule has 0 radical (unpaired) electrons. The maximum atomic E-state index is 9.13.